The van der Waals surface area contributed by atoms with Crippen LogP contribution in [0.5, 0.6) is 0 Å². The highest BCUT2D eigenvalue weighted by Gasteiger charge is 2.41. The predicted molar refractivity (Wildman–Crippen MR) is 82.4 cm³/mol. The first-order valence-electron chi connectivity index (χ1n) is 9.07. The summed E-state index contributed by atoms with van der Waals surface area (Å²) in [5, 5.41) is 3.29. The molecule has 0 bridgehead atoms. The minimum absolute atomic E-state index is 0.120. The average Bonchev–Trinajstić information content (AvgIpc) is 3.30. The zero-order chi connectivity index (χ0) is 15.0. The van der Waals surface area contributed by atoms with Crippen molar-refractivity contribution in [3.05, 3.63) is 0 Å². The molecule has 0 radical (unpaired) electrons. The van der Waals surface area contributed by atoms with E-state index >= 15 is 0 Å². The van der Waals surface area contributed by atoms with E-state index in [9.17, 15) is 4.79 Å². The molecule has 0 unspecified atom stereocenters. The van der Waals surface area contributed by atoms with E-state index in [0.29, 0.717) is 19.3 Å². The summed E-state index contributed by atoms with van der Waals surface area (Å²) in [5.74, 6) is 1.44. The molecule has 2 heterocycles. The van der Waals surface area contributed by atoms with Crippen LogP contribution in [-0.4, -0.2) is 49.1 Å². The number of nitrogens with zero attached hydrogens (tertiary/aromatic N) is 1. The van der Waals surface area contributed by atoms with E-state index in [1.54, 1.807) is 0 Å². The van der Waals surface area contributed by atoms with Crippen molar-refractivity contribution >= 4 is 6.03 Å². The van der Waals surface area contributed by atoms with E-state index < -0.39 is 5.79 Å². The molecule has 0 aromatic heterocycles. The molecule has 2 saturated carbocycles. The molecule has 2 amide bonds. The fourth-order valence-corrected chi connectivity index (χ4v) is 4.46. The van der Waals surface area contributed by atoms with Crippen LogP contribution in [0.15, 0.2) is 0 Å². The molecular weight excluding hydrogens is 280 g/mol. The lowest BCUT2D eigenvalue weighted by Crippen LogP contribution is -2.52. The van der Waals surface area contributed by atoms with E-state index in [1.807, 2.05) is 4.90 Å². The van der Waals surface area contributed by atoms with Gasteiger partial charge >= 0.3 is 6.03 Å². The van der Waals surface area contributed by atoms with Crippen LogP contribution in [0.2, 0.25) is 0 Å². The Bertz CT molecular complexity index is 408. The van der Waals surface area contributed by atoms with Crippen molar-refractivity contribution in [1.82, 2.24) is 10.2 Å². The monoisotopic (exact) mass is 308 g/mol. The average molecular weight is 308 g/mol. The number of hydrogen-bond donors (Lipinski definition) is 1. The number of urea groups is 1. The number of carbonyl (C=O) groups is 1. The Labute approximate surface area is 132 Å². The van der Waals surface area contributed by atoms with Crippen LogP contribution < -0.4 is 5.32 Å². The molecule has 4 fully saturated rings. The number of rotatable bonds is 2. The Morgan fingerprint density at radius 2 is 1.73 bits per heavy atom. The molecule has 2 atom stereocenters. The molecule has 124 valence electrons. The van der Waals surface area contributed by atoms with Crippen molar-refractivity contribution in [2.45, 2.75) is 63.2 Å². The third-order valence-corrected chi connectivity index (χ3v) is 5.96. The Kier molecular flexibility index (Phi) is 4.03. The first-order chi connectivity index (χ1) is 10.7. The summed E-state index contributed by atoms with van der Waals surface area (Å²) in [5.41, 5.74) is 0. The number of hydrogen-bond acceptors (Lipinski definition) is 3. The van der Waals surface area contributed by atoms with Crippen LogP contribution in [0.4, 0.5) is 4.79 Å². The van der Waals surface area contributed by atoms with E-state index in [1.165, 1.54) is 32.1 Å². The summed E-state index contributed by atoms with van der Waals surface area (Å²) >= 11 is 0. The maximum atomic E-state index is 12.5. The number of likely N-dealkylation sites (tertiary alicyclic amines) is 1. The second kappa shape index (κ2) is 6.00. The van der Waals surface area contributed by atoms with Gasteiger partial charge in [-0.15, -0.1) is 0 Å². The molecule has 1 N–H and O–H groups in total. The van der Waals surface area contributed by atoms with Gasteiger partial charge in [0, 0.05) is 32.0 Å². The first-order valence-corrected chi connectivity index (χ1v) is 9.07. The highest BCUT2D eigenvalue weighted by Crippen LogP contribution is 2.44. The zero-order valence-corrected chi connectivity index (χ0v) is 13.4. The SMILES string of the molecule is O=C(N[C@H]1CCC[C@@H](C2CC2)C1)N1CCC2(CC1)OCCO2. The number of carbonyl (C=O) groups excluding carboxylic acids is 1. The van der Waals surface area contributed by atoms with Gasteiger partial charge in [-0.1, -0.05) is 12.8 Å². The lowest BCUT2D eigenvalue weighted by atomic mass is 9.83. The fraction of sp³-hybridized carbons (Fsp3) is 0.941. The number of ether oxygens (including phenoxy) is 2. The smallest absolute Gasteiger partial charge is 0.317 e. The molecule has 0 aromatic rings. The Balaban J connectivity index is 1.25. The van der Waals surface area contributed by atoms with E-state index in [-0.39, 0.29) is 6.03 Å². The minimum Gasteiger partial charge on any atom is -0.347 e. The van der Waals surface area contributed by atoms with Gasteiger partial charge in [-0.3, -0.25) is 0 Å². The number of amides is 2. The van der Waals surface area contributed by atoms with Crippen molar-refractivity contribution < 1.29 is 14.3 Å². The third-order valence-electron chi connectivity index (χ3n) is 5.96. The molecular formula is C17H28N2O3. The van der Waals surface area contributed by atoms with Gasteiger partial charge in [0.2, 0.25) is 0 Å². The standard InChI is InChI=1S/C17H28N2O3/c20-16(18-15-3-1-2-14(12-15)13-4-5-13)19-8-6-17(7-9-19)21-10-11-22-17/h13-15H,1-12H2,(H,18,20)/t14-,15+/m1/s1. The zero-order valence-electron chi connectivity index (χ0n) is 13.4. The molecule has 0 aromatic carbocycles. The summed E-state index contributed by atoms with van der Waals surface area (Å²) in [7, 11) is 0. The fourth-order valence-electron chi connectivity index (χ4n) is 4.46. The lowest BCUT2D eigenvalue weighted by molar-refractivity contribution is -0.181. The van der Waals surface area contributed by atoms with Crippen LogP contribution in [0.1, 0.15) is 51.4 Å². The van der Waals surface area contributed by atoms with E-state index in [0.717, 1.165) is 44.2 Å². The second-order valence-corrected chi connectivity index (χ2v) is 7.51. The Morgan fingerprint density at radius 1 is 1.00 bits per heavy atom. The predicted octanol–water partition coefficient (Wildman–Crippen LogP) is 2.50. The van der Waals surface area contributed by atoms with Crippen LogP contribution in [-0.2, 0) is 9.47 Å². The molecule has 5 heteroatoms. The summed E-state index contributed by atoms with van der Waals surface area (Å²) in [6, 6.07) is 0.510. The molecule has 2 aliphatic heterocycles. The maximum Gasteiger partial charge on any atom is 0.317 e. The Morgan fingerprint density at radius 3 is 2.41 bits per heavy atom. The van der Waals surface area contributed by atoms with Crippen LogP contribution in [0, 0.1) is 11.8 Å². The summed E-state index contributed by atoms with van der Waals surface area (Å²) in [4.78, 5) is 14.4. The molecule has 22 heavy (non-hydrogen) atoms. The second-order valence-electron chi connectivity index (χ2n) is 7.51. The molecule has 4 rings (SSSR count). The van der Waals surface area contributed by atoms with Gasteiger partial charge in [-0.2, -0.15) is 0 Å². The Hall–Kier alpha value is -0.810. The highest BCUT2D eigenvalue weighted by atomic mass is 16.7. The maximum absolute atomic E-state index is 12.5. The van der Waals surface area contributed by atoms with Crippen molar-refractivity contribution in [2.24, 2.45) is 11.8 Å². The summed E-state index contributed by atoms with van der Waals surface area (Å²) in [6.45, 7) is 2.86. The van der Waals surface area contributed by atoms with Crippen molar-refractivity contribution in [3.63, 3.8) is 0 Å². The van der Waals surface area contributed by atoms with Gasteiger partial charge in [0.25, 0.3) is 0 Å². The summed E-state index contributed by atoms with van der Waals surface area (Å²) in [6.07, 6.45) is 9.43. The normalized spacial score (nSPS) is 34.8. The van der Waals surface area contributed by atoms with Gasteiger partial charge in [-0.05, 0) is 37.5 Å². The molecule has 1 spiro atoms. The summed E-state index contributed by atoms with van der Waals surface area (Å²) < 4.78 is 11.5. The molecule has 2 aliphatic carbocycles. The van der Waals surface area contributed by atoms with Gasteiger partial charge in [0.1, 0.15) is 0 Å². The molecule has 5 nitrogen and oxygen atoms in total. The van der Waals surface area contributed by atoms with Crippen molar-refractivity contribution in [1.29, 1.82) is 0 Å². The topological polar surface area (TPSA) is 50.8 Å². The van der Waals surface area contributed by atoms with Gasteiger partial charge < -0.3 is 19.7 Å². The first kappa shape index (κ1) is 14.8. The highest BCUT2D eigenvalue weighted by molar-refractivity contribution is 5.74. The number of nitrogens with one attached hydrogen (secondary N) is 1. The molecule has 4 aliphatic rings. The quantitative estimate of drug-likeness (QED) is 0.853. The van der Waals surface area contributed by atoms with Crippen LogP contribution in [0.3, 0.4) is 0 Å². The van der Waals surface area contributed by atoms with Gasteiger partial charge in [-0.25, -0.2) is 4.79 Å². The van der Waals surface area contributed by atoms with Crippen LogP contribution in [0.25, 0.3) is 0 Å². The van der Waals surface area contributed by atoms with E-state index in [2.05, 4.69) is 5.32 Å². The molecule has 2 saturated heterocycles. The lowest BCUT2D eigenvalue weighted by Gasteiger charge is -2.38. The van der Waals surface area contributed by atoms with Crippen LogP contribution >= 0.6 is 0 Å². The largest absolute Gasteiger partial charge is 0.347 e. The van der Waals surface area contributed by atoms with E-state index in [4.69, 9.17) is 9.47 Å². The van der Waals surface area contributed by atoms with Gasteiger partial charge in [0.05, 0.1) is 13.2 Å². The number of piperidine rings is 1. The van der Waals surface area contributed by atoms with Crippen molar-refractivity contribution in [2.75, 3.05) is 26.3 Å². The minimum atomic E-state index is -0.390. The van der Waals surface area contributed by atoms with Crippen molar-refractivity contribution in [3.8, 4) is 0 Å². The van der Waals surface area contributed by atoms with Gasteiger partial charge in [0.15, 0.2) is 5.79 Å². The third kappa shape index (κ3) is 3.11.